The Labute approximate surface area is 106 Å². The molecule has 1 saturated heterocycles. The zero-order chi connectivity index (χ0) is 12.0. The summed E-state index contributed by atoms with van der Waals surface area (Å²) in [6.45, 7) is 6.95. The molecule has 0 bridgehead atoms. The summed E-state index contributed by atoms with van der Waals surface area (Å²) in [5.74, 6) is 3.43. The third-order valence-electron chi connectivity index (χ3n) is 3.76. The van der Waals surface area contributed by atoms with Crippen molar-refractivity contribution in [2.45, 2.75) is 38.6 Å². The molecule has 0 aromatic carbocycles. The van der Waals surface area contributed by atoms with E-state index in [0.717, 1.165) is 12.5 Å². The lowest BCUT2D eigenvalue weighted by atomic mass is 9.97. The van der Waals surface area contributed by atoms with Crippen LogP contribution in [0.1, 0.15) is 33.1 Å². The van der Waals surface area contributed by atoms with E-state index in [4.69, 9.17) is 0 Å². The van der Waals surface area contributed by atoms with Gasteiger partial charge in [0.2, 0.25) is 0 Å². The number of thioether (sulfide) groups is 1. The molecule has 1 rings (SSSR count). The van der Waals surface area contributed by atoms with Crippen molar-refractivity contribution in [3.63, 3.8) is 0 Å². The summed E-state index contributed by atoms with van der Waals surface area (Å²) >= 11 is 2.10. The molecule has 0 radical (unpaired) electrons. The number of hydrogen-bond acceptors (Lipinski definition) is 3. The van der Waals surface area contributed by atoms with Gasteiger partial charge in [0.25, 0.3) is 0 Å². The van der Waals surface area contributed by atoms with Crippen molar-refractivity contribution >= 4 is 11.8 Å². The molecule has 0 spiro atoms. The average Bonchev–Trinajstić information content (AvgIpc) is 2.68. The van der Waals surface area contributed by atoms with Crippen LogP contribution in [0, 0.1) is 5.92 Å². The molecule has 1 fully saturated rings. The SMILES string of the molecule is CCCC(C)CNCC1(N(C)C)CCSC1. The maximum absolute atomic E-state index is 3.68. The first-order chi connectivity index (χ1) is 7.60. The van der Waals surface area contributed by atoms with Crippen molar-refractivity contribution in [3.8, 4) is 0 Å². The van der Waals surface area contributed by atoms with Crippen LogP contribution in [0.2, 0.25) is 0 Å². The van der Waals surface area contributed by atoms with Crippen LogP contribution in [0.5, 0.6) is 0 Å². The average molecular weight is 244 g/mol. The highest BCUT2D eigenvalue weighted by molar-refractivity contribution is 7.99. The predicted molar refractivity (Wildman–Crippen MR) is 75.3 cm³/mol. The van der Waals surface area contributed by atoms with Crippen molar-refractivity contribution in [2.24, 2.45) is 5.92 Å². The molecule has 1 heterocycles. The molecule has 2 nitrogen and oxygen atoms in total. The summed E-state index contributed by atoms with van der Waals surface area (Å²) in [5.41, 5.74) is 0.413. The molecule has 0 aliphatic carbocycles. The zero-order valence-electron chi connectivity index (χ0n) is 11.4. The summed E-state index contributed by atoms with van der Waals surface area (Å²) < 4.78 is 0. The van der Waals surface area contributed by atoms with Gasteiger partial charge < -0.3 is 10.2 Å². The fraction of sp³-hybridized carbons (Fsp3) is 1.00. The van der Waals surface area contributed by atoms with Gasteiger partial charge in [-0.05, 0) is 45.2 Å². The molecule has 0 saturated carbocycles. The minimum atomic E-state index is 0.413. The topological polar surface area (TPSA) is 15.3 Å². The van der Waals surface area contributed by atoms with E-state index in [2.05, 4.69) is 49.9 Å². The highest BCUT2D eigenvalue weighted by atomic mass is 32.2. The lowest BCUT2D eigenvalue weighted by Gasteiger charge is -2.36. The van der Waals surface area contributed by atoms with Crippen LogP contribution in [-0.2, 0) is 0 Å². The molecule has 2 unspecified atom stereocenters. The van der Waals surface area contributed by atoms with E-state index < -0.39 is 0 Å². The van der Waals surface area contributed by atoms with E-state index in [0.29, 0.717) is 5.54 Å². The largest absolute Gasteiger partial charge is 0.315 e. The fourth-order valence-corrected chi connectivity index (χ4v) is 3.95. The van der Waals surface area contributed by atoms with Crippen molar-refractivity contribution in [1.29, 1.82) is 0 Å². The van der Waals surface area contributed by atoms with Crippen LogP contribution >= 0.6 is 11.8 Å². The van der Waals surface area contributed by atoms with Crippen LogP contribution in [0.15, 0.2) is 0 Å². The Morgan fingerprint density at radius 1 is 1.44 bits per heavy atom. The third kappa shape index (κ3) is 3.94. The first-order valence-electron chi connectivity index (χ1n) is 6.56. The van der Waals surface area contributed by atoms with E-state index in [1.54, 1.807) is 0 Å². The van der Waals surface area contributed by atoms with E-state index in [9.17, 15) is 0 Å². The van der Waals surface area contributed by atoms with Gasteiger partial charge in [-0.25, -0.2) is 0 Å². The van der Waals surface area contributed by atoms with E-state index in [1.165, 1.54) is 37.3 Å². The van der Waals surface area contributed by atoms with Gasteiger partial charge >= 0.3 is 0 Å². The number of nitrogens with zero attached hydrogens (tertiary/aromatic N) is 1. The van der Waals surface area contributed by atoms with Gasteiger partial charge in [0, 0.05) is 17.8 Å². The van der Waals surface area contributed by atoms with E-state index in [1.807, 2.05) is 0 Å². The molecule has 1 N–H and O–H groups in total. The van der Waals surface area contributed by atoms with Gasteiger partial charge in [0.05, 0.1) is 0 Å². The Kier molecular flexibility index (Phi) is 6.16. The second-order valence-corrected chi connectivity index (χ2v) is 6.55. The summed E-state index contributed by atoms with van der Waals surface area (Å²) in [5, 5.41) is 3.68. The predicted octanol–water partition coefficient (Wildman–Crippen LogP) is 2.45. The van der Waals surface area contributed by atoms with Crippen molar-refractivity contribution in [2.75, 3.05) is 38.7 Å². The summed E-state index contributed by atoms with van der Waals surface area (Å²) in [4.78, 5) is 2.42. The lowest BCUT2D eigenvalue weighted by Crippen LogP contribution is -2.52. The van der Waals surface area contributed by atoms with Gasteiger partial charge in [-0.15, -0.1) is 0 Å². The normalized spacial score (nSPS) is 27.6. The van der Waals surface area contributed by atoms with E-state index >= 15 is 0 Å². The monoisotopic (exact) mass is 244 g/mol. The molecule has 3 heteroatoms. The van der Waals surface area contributed by atoms with Gasteiger partial charge in [-0.2, -0.15) is 11.8 Å². The Morgan fingerprint density at radius 2 is 2.19 bits per heavy atom. The quantitative estimate of drug-likeness (QED) is 0.740. The summed E-state index contributed by atoms with van der Waals surface area (Å²) in [6.07, 6.45) is 3.98. The minimum Gasteiger partial charge on any atom is -0.315 e. The smallest absolute Gasteiger partial charge is 0.0425 e. The van der Waals surface area contributed by atoms with Crippen molar-refractivity contribution in [3.05, 3.63) is 0 Å². The van der Waals surface area contributed by atoms with Crippen LogP contribution in [0.25, 0.3) is 0 Å². The van der Waals surface area contributed by atoms with Crippen LogP contribution in [0.4, 0.5) is 0 Å². The highest BCUT2D eigenvalue weighted by Gasteiger charge is 2.35. The Morgan fingerprint density at radius 3 is 2.69 bits per heavy atom. The number of hydrogen-bond donors (Lipinski definition) is 1. The molecule has 1 aliphatic rings. The Balaban J connectivity index is 2.28. The third-order valence-corrected chi connectivity index (χ3v) is 4.99. The summed E-state index contributed by atoms with van der Waals surface area (Å²) in [7, 11) is 4.45. The summed E-state index contributed by atoms with van der Waals surface area (Å²) in [6, 6.07) is 0. The fourth-order valence-electron chi connectivity index (χ4n) is 2.39. The van der Waals surface area contributed by atoms with Gasteiger partial charge in [-0.3, -0.25) is 0 Å². The maximum atomic E-state index is 3.68. The second-order valence-electron chi connectivity index (χ2n) is 5.45. The number of rotatable bonds is 7. The van der Waals surface area contributed by atoms with Crippen LogP contribution in [-0.4, -0.2) is 49.1 Å². The van der Waals surface area contributed by atoms with Crippen LogP contribution < -0.4 is 5.32 Å². The van der Waals surface area contributed by atoms with Gasteiger partial charge in [0.15, 0.2) is 0 Å². The molecule has 16 heavy (non-hydrogen) atoms. The highest BCUT2D eigenvalue weighted by Crippen LogP contribution is 2.31. The molecule has 0 aromatic heterocycles. The van der Waals surface area contributed by atoms with Crippen molar-refractivity contribution < 1.29 is 0 Å². The van der Waals surface area contributed by atoms with Gasteiger partial charge in [0.1, 0.15) is 0 Å². The van der Waals surface area contributed by atoms with Crippen molar-refractivity contribution in [1.82, 2.24) is 10.2 Å². The number of nitrogens with one attached hydrogen (secondary N) is 1. The molecular formula is C13H28N2S. The molecule has 96 valence electrons. The molecule has 0 amide bonds. The zero-order valence-corrected chi connectivity index (χ0v) is 12.2. The second kappa shape index (κ2) is 6.87. The Bertz CT molecular complexity index is 188. The molecule has 2 atom stereocenters. The first kappa shape index (κ1) is 14.3. The molecular weight excluding hydrogens is 216 g/mol. The van der Waals surface area contributed by atoms with E-state index in [-0.39, 0.29) is 0 Å². The van der Waals surface area contributed by atoms with Gasteiger partial charge in [-0.1, -0.05) is 20.3 Å². The molecule has 1 aliphatic heterocycles. The lowest BCUT2D eigenvalue weighted by molar-refractivity contribution is 0.174. The van der Waals surface area contributed by atoms with Crippen LogP contribution in [0.3, 0.4) is 0 Å². The minimum absolute atomic E-state index is 0.413. The maximum Gasteiger partial charge on any atom is 0.0425 e. The first-order valence-corrected chi connectivity index (χ1v) is 7.72. The Hall–Kier alpha value is 0.270. The molecule has 0 aromatic rings. The standard InChI is InChI=1S/C13H28N2S/c1-5-6-12(2)9-14-10-13(15(3)4)7-8-16-11-13/h12,14H,5-11H2,1-4H3. The number of likely N-dealkylation sites (N-methyl/N-ethyl adjacent to an activating group) is 1.